The van der Waals surface area contributed by atoms with E-state index in [0.29, 0.717) is 35.8 Å². The van der Waals surface area contributed by atoms with E-state index in [9.17, 15) is 4.79 Å². The number of ether oxygens (including phenoxy) is 1. The Morgan fingerprint density at radius 1 is 1.11 bits per heavy atom. The Kier molecular flexibility index (Phi) is 5.10. The predicted octanol–water partition coefficient (Wildman–Crippen LogP) is 3.41. The molecule has 0 saturated heterocycles. The fraction of sp³-hybridized carbons (Fsp3) is 0.400. The molecule has 8 heteroatoms. The standard InChI is InChI=1S/C20H24N6O2/c1-3-5-8-11-25-18-16(19-24-21-13-26(19)20(25)27)22-17(23-18)14-9-6-7-10-15(14)28-12-4-2/h6-7,9-10,13H,3-5,8,11-12H2,1-2H3,(H,22,23). The summed E-state index contributed by atoms with van der Waals surface area (Å²) in [6.45, 7) is 5.45. The van der Waals surface area contributed by atoms with Gasteiger partial charge in [-0.15, -0.1) is 10.2 Å². The van der Waals surface area contributed by atoms with E-state index in [1.165, 1.54) is 10.7 Å². The number of imidazole rings is 1. The molecule has 28 heavy (non-hydrogen) atoms. The number of aryl methyl sites for hydroxylation is 1. The van der Waals surface area contributed by atoms with Gasteiger partial charge < -0.3 is 9.72 Å². The van der Waals surface area contributed by atoms with Gasteiger partial charge in [0.25, 0.3) is 0 Å². The second-order valence-electron chi connectivity index (χ2n) is 6.79. The van der Waals surface area contributed by atoms with Crippen molar-refractivity contribution >= 4 is 16.8 Å². The van der Waals surface area contributed by atoms with E-state index < -0.39 is 0 Å². The Morgan fingerprint density at radius 3 is 2.79 bits per heavy atom. The number of unbranched alkanes of at least 4 members (excludes halogenated alkanes) is 2. The molecule has 0 aliphatic rings. The monoisotopic (exact) mass is 380 g/mol. The number of aromatic nitrogens is 6. The average molecular weight is 380 g/mol. The van der Waals surface area contributed by atoms with E-state index in [0.717, 1.165) is 37.0 Å². The zero-order valence-electron chi connectivity index (χ0n) is 16.2. The molecule has 4 aromatic rings. The van der Waals surface area contributed by atoms with Crippen LogP contribution in [0, 0.1) is 0 Å². The van der Waals surface area contributed by atoms with Gasteiger partial charge in [0.2, 0.25) is 0 Å². The Balaban J connectivity index is 1.89. The van der Waals surface area contributed by atoms with Crippen LogP contribution in [0.25, 0.3) is 28.2 Å². The summed E-state index contributed by atoms with van der Waals surface area (Å²) < 4.78 is 9.05. The lowest BCUT2D eigenvalue weighted by atomic mass is 10.2. The van der Waals surface area contributed by atoms with Gasteiger partial charge in [0.05, 0.1) is 12.2 Å². The van der Waals surface area contributed by atoms with Crippen molar-refractivity contribution in [2.45, 2.75) is 46.1 Å². The Hall–Kier alpha value is -3.16. The zero-order chi connectivity index (χ0) is 19.5. The van der Waals surface area contributed by atoms with Gasteiger partial charge in [-0.2, -0.15) is 0 Å². The summed E-state index contributed by atoms with van der Waals surface area (Å²) in [5, 5.41) is 8.04. The minimum Gasteiger partial charge on any atom is -0.493 e. The van der Waals surface area contributed by atoms with Crippen molar-refractivity contribution < 1.29 is 4.74 Å². The third-order valence-electron chi connectivity index (χ3n) is 4.74. The molecule has 0 atom stereocenters. The smallest absolute Gasteiger partial charge is 0.336 e. The van der Waals surface area contributed by atoms with Gasteiger partial charge in [-0.1, -0.05) is 38.8 Å². The lowest BCUT2D eigenvalue weighted by molar-refractivity contribution is 0.318. The lowest BCUT2D eigenvalue weighted by Gasteiger charge is -2.08. The van der Waals surface area contributed by atoms with Crippen molar-refractivity contribution in [3.8, 4) is 17.1 Å². The van der Waals surface area contributed by atoms with Crippen molar-refractivity contribution in [1.82, 2.24) is 29.1 Å². The quantitative estimate of drug-likeness (QED) is 0.473. The molecular formula is C20H24N6O2. The van der Waals surface area contributed by atoms with Crippen LogP contribution in [-0.2, 0) is 6.54 Å². The van der Waals surface area contributed by atoms with E-state index in [2.05, 4.69) is 29.0 Å². The highest BCUT2D eigenvalue weighted by Gasteiger charge is 2.18. The lowest BCUT2D eigenvalue weighted by Crippen LogP contribution is -2.27. The van der Waals surface area contributed by atoms with Crippen LogP contribution in [-0.4, -0.2) is 35.7 Å². The van der Waals surface area contributed by atoms with Crippen LogP contribution in [0.15, 0.2) is 35.4 Å². The van der Waals surface area contributed by atoms with Crippen LogP contribution < -0.4 is 10.4 Å². The Bertz CT molecular complexity index is 1160. The van der Waals surface area contributed by atoms with Gasteiger partial charge in [0.1, 0.15) is 23.4 Å². The van der Waals surface area contributed by atoms with Crippen molar-refractivity contribution in [2.75, 3.05) is 6.61 Å². The number of nitrogens with zero attached hydrogens (tertiary/aromatic N) is 5. The van der Waals surface area contributed by atoms with Crippen LogP contribution in [0.1, 0.15) is 39.5 Å². The summed E-state index contributed by atoms with van der Waals surface area (Å²) in [5.74, 6) is 1.42. The van der Waals surface area contributed by atoms with Crippen LogP contribution in [0.3, 0.4) is 0 Å². The molecule has 3 heterocycles. The normalized spacial score (nSPS) is 11.5. The van der Waals surface area contributed by atoms with E-state index in [4.69, 9.17) is 9.72 Å². The number of nitrogens with one attached hydrogen (secondary N) is 1. The molecule has 1 N–H and O–H groups in total. The second kappa shape index (κ2) is 7.84. The van der Waals surface area contributed by atoms with E-state index >= 15 is 0 Å². The maximum absolute atomic E-state index is 12.9. The molecular weight excluding hydrogens is 356 g/mol. The summed E-state index contributed by atoms with van der Waals surface area (Å²) in [6.07, 6.45) is 5.43. The van der Waals surface area contributed by atoms with Gasteiger partial charge in [-0.25, -0.2) is 14.2 Å². The third-order valence-corrected chi connectivity index (χ3v) is 4.74. The number of benzene rings is 1. The maximum atomic E-state index is 12.9. The number of hydrogen-bond donors (Lipinski definition) is 1. The summed E-state index contributed by atoms with van der Waals surface area (Å²) in [7, 11) is 0. The first-order chi connectivity index (χ1) is 13.7. The molecule has 0 saturated carbocycles. The van der Waals surface area contributed by atoms with Crippen LogP contribution in [0.4, 0.5) is 0 Å². The highest BCUT2D eigenvalue weighted by molar-refractivity contribution is 5.88. The highest BCUT2D eigenvalue weighted by atomic mass is 16.5. The first kappa shape index (κ1) is 18.2. The topological polar surface area (TPSA) is 90.1 Å². The van der Waals surface area contributed by atoms with Crippen molar-refractivity contribution in [3.05, 3.63) is 41.1 Å². The van der Waals surface area contributed by atoms with Crippen molar-refractivity contribution in [1.29, 1.82) is 0 Å². The maximum Gasteiger partial charge on any atom is 0.336 e. The predicted molar refractivity (Wildman–Crippen MR) is 108 cm³/mol. The Morgan fingerprint density at radius 2 is 1.96 bits per heavy atom. The van der Waals surface area contributed by atoms with Gasteiger partial charge in [-0.3, -0.25) is 4.57 Å². The van der Waals surface area contributed by atoms with Gasteiger partial charge in [0.15, 0.2) is 11.3 Å². The molecule has 0 bridgehead atoms. The molecule has 0 aliphatic carbocycles. The molecule has 0 radical (unpaired) electrons. The molecule has 146 valence electrons. The van der Waals surface area contributed by atoms with Crippen LogP contribution in [0.5, 0.6) is 5.75 Å². The zero-order valence-corrected chi connectivity index (χ0v) is 16.2. The summed E-state index contributed by atoms with van der Waals surface area (Å²) in [5.41, 5.74) is 2.47. The molecule has 8 nitrogen and oxygen atoms in total. The largest absolute Gasteiger partial charge is 0.493 e. The number of H-pyrrole nitrogens is 1. The number of hydrogen-bond acceptors (Lipinski definition) is 5. The van der Waals surface area contributed by atoms with Crippen LogP contribution in [0.2, 0.25) is 0 Å². The first-order valence-electron chi connectivity index (χ1n) is 9.79. The van der Waals surface area contributed by atoms with Gasteiger partial charge in [-0.05, 0) is 25.0 Å². The molecule has 1 aromatic carbocycles. The third kappa shape index (κ3) is 3.15. The molecule has 0 amide bonds. The highest BCUT2D eigenvalue weighted by Crippen LogP contribution is 2.30. The van der Waals surface area contributed by atoms with E-state index in [1.54, 1.807) is 4.57 Å². The molecule has 0 fully saturated rings. The van der Waals surface area contributed by atoms with Crippen molar-refractivity contribution in [3.63, 3.8) is 0 Å². The van der Waals surface area contributed by atoms with Crippen molar-refractivity contribution in [2.24, 2.45) is 0 Å². The fourth-order valence-electron chi connectivity index (χ4n) is 3.33. The SMILES string of the molecule is CCCCCn1c(=O)n2cnnc2c2[nH]c(-c3ccccc3OCCC)nc21. The number of rotatable bonds is 8. The van der Waals surface area contributed by atoms with E-state index in [-0.39, 0.29) is 5.69 Å². The molecule has 0 aliphatic heterocycles. The Labute approximate surface area is 162 Å². The minimum absolute atomic E-state index is 0.169. The second-order valence-corrected chi connectivity index (χ2v) is 6.79. The molecule has 3 aromatic heterocycles. The van der Waals surface area contributed by atoms with E-state index in [1.807, 2.05) is 24.3 Å². The summed E-state index contributed by atoms with van der Waals surface area (Å²) in [4.78, 5) is 21.0. The summed E-state index contributed by atoms with van der Waals surface area (Å²) >= 11 is 0. The average Bonchev–Trinajstić information content (AvgIpc) is 3.36. The molecule has 0 unspecified atom stereocenters. The molecule has 0 spiro atoms. The fourth-order valence-corrected chi connectivity index (χ4v) is 3.33. The molecule has 4 rings (SSSR count). The number of aromatic amines is 1. The van der Waals surface area contributed by atoms with Gasteiger partial charge in [0, 0.05) is 6.54 Å². The summed E-state index contributed by atoms with van der Waals surface area (Å²) in [6, 6.07) is 7.78. The minimum atomic E-state index is -0.169. The van der Waals surface area contributed by atoms with Crippen LogP contribution >= 0.6 is 0 Å². The number of fused-ring (bicyclic) bond motifs is 3. The first-order valence-corrected chi connectivity index (χ1v) is 9.79. The number of para-hydroxylation sites is 1. The van der Waals surface area contributed by atoms with Gasteiger partial charge >= 0.3 is 5.69 Å².